The van der Waals surface area contributed by atoms with Crippen molar-refractivity contribution in [2.45, 2.75) is 0 Å². The van der Waals surface area contributed by atoms with Crippen LogP contribution in [0.1, 0.15) is 0 Å². The molecule has 0 atom stereocenters. The Bertz CT molecular complexity index is 673. The standard InChI is InChI=1S/C13H10N4OS/c18-8-14-13-17-12(7-19-13)10-3-1-9(2-4-10)11-5-15-16-6-11/h1-8H,(H,15,16)(H,14,17,18). The highest BCUT2D eigenvalue weighted by Gasteiger charge is 2.05. The number of aromatic nitrogens is 3. The van der Waals surface area contributed by atoms with Gasteiger partial charge in [0, 0.05) is 22.7 Å². The zero-order valence-electron chi connectivity index (χ0n) is 9.83. The van der Waals surface area contributed by atoms with Gasteiger partial charge < -0.3 is 5.32 Å². The lowest BCUT2D eigenvalue weighted by molar-refractivity contribution is -0.105. The Kier molecular flexibility index (Phi) is 3.07. The SMILES string of the molecule is O=CNc1nc(-c2ccc(-c3cn[nH]c3)cc2)cs1. The van der Waals surface area contributed by atoms with Gasteiger partial charge in [-0.2, -0.15) is 5.10 Å². The molecule has 3 rings (SSSR count). The smallest absolute Gasteiger partial charge is 0.213 e. The summed E-state index contributed by atoms with van der Waals surface area (Å²) >= 11 is 1.40. The van der Waals surface area contributed by atoms with E-state index < -0.39 is 0 Å². The molecule has 19 heavy (non-hydrogen) atoms. The van der Waals surface area contributed by atoms with Gasteiger partial charge in [-0.3, -0.25) is 9.89 Å². The minimum Gasteiger partial charge on any atom is -0.305 e. The summed E-state index contributed by atoms with van der Waals surface area (Å²) < 4.78 is 0. The first kappa shape index (κ1) is 11.6. The van der Waals surface area contributed by atoms with Crippen molar-refractivity contribution >= 4 is 22.9 Å². The van der Waals surface area contributed by atoms with E-state index in [0.29, 0.717) is 11.5 Å². The van der Waals surface area contributed by atoms with Crippen LogP contribution in [-0.4, -0.2) is 21.6 Å². The van der Waals surface area contributed by atoms with Crippen molar-refractivity contribution in [3.05, 3.63) is 42.0 Å². The van der Waals surface area contributed by atoms with Crippen LogP contribution in [0, 0.1) is 0 Å². The monoisotopic (exact) mass is 270 g/mol. The molecule has 0 radical (unpaired) electrons. The second-order valence-corrected chi connectivity index (χ2v) is 4.72. The molecule has 6 heteroatoms. The molecule has 0 bridgehead atoms. The van der Waals surface area contributed by atoms with Crippen LogP contribution >= 0.6 is 11.3 Å². The van der Waals surface area contributed by atoms with Gasteiger partial charge in [0.15, 0.2) is 5.13 Å². The number of hydrogen-bond acceptors (Lipinski definition) is 4. The normalized spacial score (nSPS) is 10.3. The van der Waals surface area contributed by atoms with Gasteiger partial charge in [0.2, 0.25) is 6.41 Å². The number of nitrogens with one attached hydrogen (secondary N) is 2. The number of anilines is 1. The third kappa shape index (κ3) is 2.38. The maximum absolute atomic E-state index is 10.3. The minimum atomic E-state index is 0.601. The van der Waals surface area contributed by atoms with E-state index in [1.54, 1.807) is 6.20 Å². The lowest BCUT2D eigenvalue weighted by Gasteiger charge is -1.99. The van der Waals surface area contributed by atoms with E-state index in [0.717, 1.165) is 22.4 Å². The molecule has 0 aliphatic carbocycles. The number of nitrogens with zero attached hydrogens (tertiary/aromatic N) is 2. The maximum Gasteiger partial charge on any atom is 0.213 e. The van der Waals surface area contributed by atoms with Gasteiger partial charge in [0.25, 0.3) is 0 Å². The molecule has 0 aliphatic rings. The molecular weight excluding hydrogens is 260 g/mol. The zero-order chi connectivity index (χ0) is 13.1. The van der Waals surface area contributed by atoms with E-state index in [2.05, 4.69) is 20.5 Å². The first-order valence-electron chi connectivity index (χ1n) is 5.62. The fourth-order valence-electron chi connectivity index (χ4n) is 1.77. The number of thiazole rings is 1. The summed E-state index contributed by atoms with van der Waals surface area (Å²) in [4.78, 5) is 14.7. The summed E-state index contributed by atoms with van der Waals surface area (Å²) in [5.74, 6) is 0. The molecule has 1 amide bonds. The highest BCUT2D eigenvalue weighted by Crippen LogP contribution is 2.27. The van der Waals surface area contributed by atoms with Crippen LogP contribution in [-0.2, 0) is 4.79 Å². The fraction of sp³-hybridized carbons (Fsp3) is 0. The molecule has 0 fully saturated rings. The Morgan fingerprint density at radius 2 is 1.95 bits per heavy atom. The van der Waals surface area contributed by atoms with Crippen molar-refractivity contribution in [2.75, 3.05) is 5.32 Å². The lowest BCUT2D eigenvalue weighted by Crippen LogP contribution is -1.92. The van der Waals surface area contributed by atoms with Gasteiger partial charge in [-0.15, -0.1) is 11.3 Å². The molecule has 2 aromatic heterocycles. The number of amides is 1. The van der Waals surface area contributed by atoms with Gasteiger partial charge in [-0.1, -0.05) is 24.3 Å². The van der Waals surface area contributed by atoms with Gasteiger partial charge in [-0.05, 0) is 5.56 Å². The number of carbonyl (C=O) groups is 1. The minimum absolute atomic E-state index is 0.601. The second kappa shape index (κ2) is 5.03. The van der Waals surface area contributed by atoms with Crippen molar-refractivity contribution in [2.24, 2.45) is 0 Å². The largest absolute Gasteiger partial charge is 0.305 e. The predicted molar refractivity (Wildman–Crippen MR) is 74.8 cm³/mol. The Labute approximate surface area is 113 Å². The van der Waals surface area contributed by atoms with Gasteiger partial charge in [0.1, 0.15) is 0 Å². The molecule has 2 N–H and O–H groups in total. The third-order valence-corrected chi connectivity index (χ3v) is 3.47. The molecule has 5 nitrogen and oxygen atoms in total. The number of benzene rings is 1. The molecule has 0 spiro atoms. The molecule has 0 saturated heterocycles. The van der Waals surface area contributed by atoms with Crippen LogP contribution in [0.2, 0.25) is 0 Å². The topological polar surface area (TPSA) is 70.7 Å². The number of aromatic amines is 1. The summed E-state index contributed by atoms with van der Waals surface area (Å²) in [5, 5.41) is 11.8. The van der Waals surface area contributed by atoms with Crippen LogP contribution in [0.15, 0.2) is 42.0 Å². The average Bonchev–Trinajstić information content (AvgIpc) is 3.10. The number of H-pyrrole nitrogens is 1. The third-order valence-electron chi connectivity index (χ3n) is 2.70. The van der Waals surface area contributed by atoms with Crippen LogP contribution in [0.5, 0.6) is 0 Å². The molecule has 3 aromatic rings. The van der Waals surface area contributed by atoms with Crippen molar-refractivity contribution in [3.63, 3.8) is 0 Å². The highest BCUT2D eigenvalue weighted by atomic mass is 32.1. The van der Waals surface area contributed by atoms with E-state index in [1.165, 1.54) is 11.3 Å². The van der Waals surface area contributed by atoms with E-state index in [-0.39, 0.29) is 0 Å². The first-order valence-corrected chi connectivity index (χ1v) is 6.50. The Morgan fingerprint density at radius 1 is 1.16 bits per heavy atom. The number of rotatable bonds is 4. The van der Waals surface area contributed by atoms with Crippen molar-refractivity contribution < 1.29 is 4.79 Å². The van der Waals surface area contributed by atoms with E-state index in [1.807, 2.05) is 35.8 Å². The fourth-order valence-corrected chi connectivity index (χ4v) is 2.44. The summed E-state index contributed by atoms with van der Waals surface area (Å²) in [7, 11) is 0. The highest BCUT2D eigenvalue weighted by molar-refractivity contribution is 7.14. The molecule has 94 valence electrons. The number of hydrogen-bond donors (Lipinski definition) is 2. The number of carbonyl (C=O) groups excluding carboxylic acids is 1. The summed E-state index contributed by atoms with van der Waals surface area (Å²) in [6.45, 7) is 0. The van der Waals surface area contributed by atoms with E-state index >= 15 is 0 Å². The molecular formula is C13H10N4OS. The van der Waals surface area contributed by atoms with Crippen LogP contribution in [0.4, 0.5) is 5.13 Å². The first-order chi connectivity index (χ1) is 9.36. The molecule has 0 unspecified atom stereocenters. The van der Waals surface area contributed by atoms with Gasteiger partial charge in [-0.25, -0.2) is 4.98 Å². The molecule has 0 saturated carbocycles. The molecule has 0 aliphatic heterocycles. The van der Waals surface area contributed by atoms with Crippen molar-refractivity contribution in [1.82, 2.24) is 15.2 Å². The van der Waals surface area contributed by atoms with Crippen molar-refractivity contribution in [1.29, 1.82) is 0 Å². The van der Waals surface area contributed by atoms with Crippen molar-refractivity contribution in [3.8, 4) is 22.4 Å². The maximum atomic E-state index is 10.3. The summed E-state index contributed by atoms with van der Waals surface area (Å²) in [6, 6.07) is 8.04. The van der Waals surface area contributed by atoms with Crippen LogP contribution in [0.25, 0.3) is 22.4 Å². The average molecular weight is 270 g/mol. The Morgan fingerprint density at radius 3 is 2.63 bits per heavy atom. The molecule has 1 aromatic carbocycles. The zero-order valence-corrected chi connectivity index (χ0v) is 10.6. The summed E-state index contributed by atoms with van der Waals surface area (Å²) in [5.41, 5.74) is 4.02. The quantitative estimate of drug-likeness (QED) is 0.716. The second-order valence-electron chi connectivity index (χ2n) is 3.86. The van der Waals surface area contributed by atoms with Crippen LogP contribution < -0.4 is 5.32 Å². The molecule has 2 heterocycles. The Hall–Kier alpha value is -2.47. The van der Waals surface area contributed by atoms with Gasteiger partial charge >= 0.3 is 0 Å². The van der Waals surface area contributed by atoms with E-state index in [4.69, 9.17) is 0 Å². The van der Waals surface area contributed by atoms with Crippen LogP contribution in [0.3, 0.4) is 0 Å². The predicted octanol–water partition coefficient (Wildman–Crippen LogP) is 2.77. The lowest BCUT2D eigenvalue weighted by atomic mass is 10.1. The Balaban J connectivity index is 1.87. The summed E-state index contributed by atoms with van der Waals surface area (Å²) in [6.07, 6.45) is 4.26. The van der Waals surface area contributed by atoms with E-state index in [9.17, 15) is 4.79 Å². The van der Waals surface area contributed by atoms with Gasteiger partial charge in [0.05, 0.1) is 11.9 Å².